The minimum atomic E-state index is -1.58. The number of esters is 1. The van der Waals surface area contributed by atoms with Crippen molar-refractivity contribution in [1.82, 2.24) is 14.9 Å². The Morgan fingerprint density at radius 1 is 1.31 bits per heavy atom. The number of carbonyl (C=O) groups excluding carboxylic acids is 2. The summed E-state index contributed by atoms with van der Waals surface area (Å²) in [5.41, 5.74) is 2.75. The molecule has 4 heterocycles. The molecule has 0 fully saturated rings. The second-order valence-corrected chi connectivity index (χ2v) is 7.84. The number of ether oxygens (including phenoxy) is 1. The monoisotopic (exact) mass is 439 g/mol. The van der Waals surface area contributed by atoms with Crippen LogP contribution in [0.15, 0.2) is 23.0 Å². The lowest BCUT2D eigenvalue weighted by Gasteiger charge is -2.21. The van der Waals surface area contributed by atoms with E-state index in [1.165, 1.54) is 16.7 Å². The number of carbonyl (C=O) groups is 2. The molecule has 10 heteroatoms. The summed E-state index contributed by atoms with van der Waals surface area (Å²) in [6.45, 7) is 0.879. The molecule has 0 saturated carbocycles. The molecule has 3 N–H and O–H groups in total. The number of hydrogen-bond donors (Lipinski definition) is 3. The number of aliphatic hydroxyl groups excluding tert-OH is 2. The first-order valence-electron chi connectivity index (χ1n) is 9.91. The highest BCUT2D eigenvalue weighted by molar-refractivity contribution is 5.89. The number of halogens is 1. The van der Waals surface area contributed by atoms with Gasteiger partial charge in [0.25, 0.3) is 5.56 Å². The Morgan fingerprint density at radius 2 is 2.09 bits per heavy atom. The number of benzene rings is 1. The lowest BCUT2D eigenvalue weighted by molar-refractivity contribution is -0.157. The van der Waals surface area contributed by atoms with Gasteiger partial charge in [-0.3, -0.25) is 9.59 Å². The van der Waals surface area contributed by atoms with E-state index in [4.69, 9.17) is 9.84 Å². The molecular weight excluding hydrogens is 421 g/mol. The zero-order valence-corrected chi connectivity index (χ0v) is 16.9. The zero-order valence-electron chi connectivity index (χ0n) is 16.9. The number of hydrogen-bond acceptors (Lipinski definition) is 7. The fourth-order valence-corrected chi connectivity index (χ4v) is 4.28. The van der Waals surface area contributed by atoms with Crippen molar-refractivity contribution in [2.24, 2.45) is 0 Å². The normalized spacial score (nSPS) is 16.4. The van der Waals surface area contributed by atoms with Gasteiger partial charge in [-0.15, -0.1) is 0 Å². The summed E-state index contributed by atoms with van der Waals surface area (Å²) < 4.78 is 20.7. The lowest BCUT2D eigenvalue weighted by Crippen LogP contribution is -2.32. The molecule has 2 aliphatic rings. The highest BCUT2D eigenvalue weighted by Crippen LogP contribution is 2.38. The largest absolute Gasteiger partial charge is 0.458 e. The van der Waals surface area contributed by atoms with Crippen molar-refractivity contribution in [2.45, 2.75) is 32.7 Å². The minimum Gasteiger partial charge on any atom is -0.458 e. The average Bonchev–Trinajstić information content (AvgIpc) is 3.14. The summed E-state index contributed by atoms with van der Waals surface area (Å²) in [6.07, 6.45) is -1.58. The predicted molar refractivity (Wildman–Crippen MR) is 109 cm³/mol. The smallest absolute Gasteiger partial charge is 0.340 e. The molecule has 164 valence electrons. The van der Waals surface area contributed by atoms with Crippen LogP contribution in [0, 0.1) is 12.7 Å². The van der Waals surface area contributed by atoms with Crippen LogP contribution in [-0.4, -0.2) is 38.2 Å². The number of pyridine rings is 2. The Bertz CT molecular complexity index is 1400. The Hall–Kier alpha value is -3.63. The Morgan fingerprint density at radius 3 is 2.84 bits per heavy atom. The fourth-order valence-electron chi connectivity index (χ4n) is 4.28. The second kappa shape index (κ2) is 7.21. The van der Waals surface area contributed by atoms with Gasteiger partial charge in [0.2, 0.25) is 5.91 Å². The number of fused-ring (bicyclic) bond motifs is 5. The van der Waals surface area contributed by atoms with Gasteiger partial charge < -0.3 is 24.8 Å². The highest BCUT2D eigenvalue weighted by atomic mass is 19.1. The molecular formula is C22H18FN3O6. The maximum Gasteiger partial charge on any atom is 0.340 e. The number of rotatable bonds is 3. The molecule has 0 spiro atoms. The highest BCUT2D eigenvalue weighted by Gasteiger charge is 2.34. The zero-order chi connectivity index (χ0) is 22.7. The standard InChI is InChI=1S/C22H18FN3O6/c1-9-2-10-12(5-24-18(28)7-27)13-6-26-17(19(13)25-16(10)4-15(9)23)3-11-14(21(26)30)8-32-22(31)20(11)29/h2-4,20,27,29H,5-8H2,1H3,(H,24,28). The van der Waals surface area contributed by atoms with Crippen LogP contribution in [0.4, 0.5) is 4.39 Å². The molecule has 9 nitrogen and oxygen atoms in total. The van der Waals surface area contributed by atoms with Gasteiger partial charge >= 0.3 is 5.97 Å². The summed E-state index contributed by atoms with van der Waals surface area (Å²) in [5, 5.41) is 22.5. The van der Waals surface area contributed by atoms with Crippen molar-refractivity contribution in [3.63, 3.8) is 0 Å². The third-order valence-corrected chi connectivity index (χ3v) is 5.96. The van der Waals surface area contributed by atoms with Crippen molar-refractivity contribution >= 4 is 22.8 Å². The van der Waals surface area contributed by atoms with Crippen LogP contribution in [-0.2, 0) is 34.0 Å². The molecule has 1 atom stereocenters. The van der Waals surface area contributed by atoms with Crippen LogP contribution >= 0.6 is 0 Å². The topological polar surface area (TPSA) is 131 Å². The first-order chi connectivity index (χ1) is 15.3. The number of aryl methyl sites for hydroxylation is 1. The molecule has 0 radical (unpaired) electrons. The maximum absolute atomic E-state index is 14.3. The molecule has 1 amide bonds. The van der Waals surface area contributed by atoms with Gasteiger partial charge in [-0.1, -0.05) is 0 Å². The van der Waals surface area contributed by atoms with E-state index in [1.807, 2.05) is 0 Å². The van der Waals surface area contributed by atoms with E-state index in [9.17, 15) is 23.9 Å². The van der Waals surface area contributed by atoms with E-state index < -0.39 is 36.0 Å². The number of nitrogens with one attached hydrogen (secondary N) is 1. The lowest BCUT2D eigenvalue weighted by atomic mass is 9.97. The average molecular weight is 439 g/mol. The van der Waals surface area contributed by atoms with Crippen LogP contribution in [0.5, 0.6) is 0 Å². The van der Waals surface area contributed by atoms with Crippen LogP contribution in [0.25, 0.3) is 22.3 Å². The van der Waals surface area contributed by atoms with Gasteiger partial charge in [-0.25, -0.2) is 14.2 Å². The third-order valence-electron chi connectivity index (χ3n) is 5.96. The molecule has 1 unspecified atom stereocenters. The molecule has 2 aromatic heterocycles. The molecule has 0 bridgehead atoms. The summed E-state index contributed by atoms with van der Waals surface area (Å²) in [7, 11) is 0. The van der Waals surface area contributed by atoms with Crippen LogP contribution in [0.2, 0.25) is 0 Å². The minimum absolute atomic E-state index is 0.0402. The SMILES string of the molecule is Cc1cc2c(CNC(=O)CO)c3c(nc2cc1F)-c1cc2c(c(=O)n1C3)COC(=O)C2O. The van der Waals surface area contributed by atoms with Crippen molar-refractivity contribution in [1.29, 1.82) is 0 Å². The summed E-state index contributed by atoms with van der Waals surface area (Å²) in [4.78, 5) is 41.2. The van der Waals surface area contributed by atoms with Crippen molar-refractivity contribution in [2.75, 3.05) is 6.61 Å². The van der Waals surface area contributed by atoms with Crippen molar-refractivity contribution in [3.8, 4) is 11.4 Å². The van der Waals surface area contributed by atoms with Gasteiger partial charge in [0.05, 0.1) is 29.0 Å². The predicted octanol–water partition coefficient (Wildman–Crippen LogP) is 0.571. The van der Waals surface area contributed by atoms with Crippen LogP contribution in [0.3, 0.4) is 0 Å². The van der Waals surface area contributed by atoms with Gasteiger partial charge in [0.15, 0.2) is 6.10 Å². The number of aliphatic hydroxyl groups is 2. The third kappa shape index (κ3) is 2.91. The number of amides is 1. The van der Waals surface area contributed by atoms with E-state index in [0.29, 0.717) is 39.0 Å². The van der Waals surface area contributed by atoms with E-state index >= 15 is 0 Å². The van der Waals surface area contributed by atoms with Gasteiger partial charge in [-0.2, -0.15) is 0 Å². The summed E-state index contributed by atoms with van der Waals surface area (Å²) in [6, 6.07) is 4.45. The molecule has 5 rings (SSSR count). The molecule has 3 aromatic rings. The van der Waals surface area contributed by atoms with Gasteiger partial charge in [-0.05, 0) is 30.2 Å². The first kappa shape index (κ1) is 20.3. The van der Waals surface area contributed by atoms with Gasteiger partial charge in [0, 0.05) is 29.1 Å². The molecule has 0 aliphatic carbocycles. The molecule has 32 heavy (non-hydrogen) atoms. The van der Waals surface area contributed by atoms with E-state index in [1.54, 1.807) is 13.0 Å². The number of cyclic esters (lactones) is 1. The van der Waals surface area contributed by atoms with E-state index in [-0.39, 0.29) is 30.8 Å². The Balaban J connectivity index is 1.76. The maximum atomic E-state index is 14.3. The Labute approximate surface area is 180 Å². The van der Waals surface area contributed by atoms with Gasteiger partial charge in [0.1, 0.15) is 19.0 Å². The molecule has 1 aromatic carbocycles. The van der Waals surface area contributed by atoms with Crippen molar-refractivity contribution < 1.29 is 28.9 Å². The first-order valence-corrected chi connectivity index (χ1v) is 9.91. The summed E-state index contributed by atoms with van der Waals surface area (Å²) >= 11 is 0. The van der Waals surface area contributed by atoms with Crippen LogP contribution < -0.4 is 10.9 Å². The quantitative estimate of drug-likeness (QED) is 0.398. The fraction of sp³-hybridized carbons (Fsp3) is 0.273. The van der Waals surface area contributed by atoms with Crippen molar-refractivity contribution in [3.05, 3.63) is 62.2 Å². The molecule has 2 aliphatic heterocycles. The Kier molecular flexibility index (Phi) is 4.57. The van der Waals surface area contributed by atoms with E-state index in [2.05, 4.69) is 10.3 Å². The number of aromatic nitrogens is 2. The van der Waals surface area contributed by atoms with E-state index in [0.717, 1.165) is 0 Å². The van der Waals surface area contributed by atoms with Crippen LogP contribution in [0.1, 0.15) is 33.9 Å². The summed E-state index contributed by atoms with van der Waals surface area (Å²) in [5.74, 6) is -1.87. The molecule has 0 saturated heterocycles. The second-order valence-electron chi connectivity index (χ2n) is 7.84. The number of nitrogens with zero attached hydrogens (tertiary/aromatic N) is 2.